The summed E-state index contributed by atoms with van der Waals surface area (Å²) in [7, 11) is 0. The van der Waals surface area contributed by atoms with E-state index in [1.54, 1.807) is 6.20 Å². The zero-order chi connectivity index (χ0) is 11.1. The van der Waals surface area contributed by atoms with E-state index in [1.807, 2.05) is 12.1 Å². The number of aromatic nitrogens is 2. The van der Waals surface area contributed by atoms with Crippen molar-refractivity contribution in [3.8, 4) is 0 Å². The van der Waals surface area contributed by atoms with Gasteiger partial charge in [-0.2, -0.15) is 10.2 Å². The number of rotatable bonds is 5. The first-order valence-electron chi connectivity index (χ1n) is 5.19. The van der Waals surface area contributed by atoms with Crippen LogP contribution < -0.4 is 5.32 Å². The molecule has 0 saturated carbocycles. The Kier molecular flexibility index (Phi) is 4.65. The lowest BCUT2D eigenvalue weighted by molar-refractivity contribution is -0.000909. The predicted molar refractivity (Wildman–Crippen MR) is 59.4 cm³/mol. The second kappa shape index (κ2) is 5.78. The standard InChI is InChI=1S/C11H19N3O/c1-11(2,3)15-8-7-12-9-10-5-4-6-13-14-10/h4-6,12H,7-9H2,1-3H3. The Hall–Kier alpha value is -1.00. The molecule has 0 aliphatic heterocycles. The maximum Gasteiger partial charge on any atom is 0.0768 e. The summed E-state index contributed by atoms with van der Waals surface area (Å²) in [4.78, 5) is 0. The lowest BCUT2D eigenvalue weighted by atomic mass is 10.2. The maximum atomic E-state index is 5.57. The van der Waals surface area contributed by atoms with Crippen molar-refractivity contribution in [2.45, 2.75) is 32.9 Å². The zero-order valence-corrected chi connectivity index (χ0v) is 9.66. The minimum absolute atomic E-state index is 0.0613. The van der Waals surface area contributed by atoms with Gasteiger partial charge in [-0.1, -0.05) is 0 Å². The van der Waals surface area contributed by atoms with Crippen molar-refractivity contribution in [1.82, 2.24) is 15.5 Å². The molecule has 0 aromatic carbocycles. The van der Waals surface area contributed by atoms with Crippen molar-refractivity contribution in [2.24, 2.45) is 0 Å². The Balaban J connectivity index is 2.08. The molecule has 4 nitrogen and oxygen atoms in total. The summed E-state index contributed by atoms with van der Waals surface area (Å²) in [6.45, 7) is 8.43. The van der Waals surface area contributed by atoms with Gasteiger partial charge in [-0.25, -0.2) is 0 Å². The molecule has 1 aromatic heterocycles. The number of nitrogens with zero attached hydrogens (tertiary/aromatic N) is 2. The van der Waals surface area contributed by atoms with Gasteiger partial charge in [0, 0.05) is 19.3 Å². The lowest BCUT2D eigenvalue weighted by Gasteiger charge is -2.19. The monoisotopic (exact) mass is 209 g/mol. The number of hydrogen-bond acceptors (Lipinski definition) is 4. The normalized spacial score (nSPS) is 11.7. The van der Waals surface area contributed by atoms with Crippen LogP contribution in [0.25, 0.3) is 0 Å². The van der Waals surface area contributed by atoms with Gasteiger partial charge in [0.05, 0.1) is 17.9 Å². The molecule has 84 valence electrons. The van der Waals surface area contributed by atoms with E-state index >= 15 is 0 Å². The molecule has 0 atom stereocenters. The Morgan fingerprint density at radius 1 is 1.40 bits per heavy atom. The van der Waals surface area contributed by atoms with Crippen molar-refractivity contribution in [3.63, 3.8) is 0 Å². The van der Waals surface area contributed by atoms with E-state index in [0.717, 1.165) is 18.8 Å². The Morgan fingerprint density at radius 2 is 2.20 bits per heavy atom. The van der Waals surface area contributed by atoms with Crippen LogP contribution in [0.15, 0.2) is 18.3 Å². The summed E-state index contributed by atoms with van der Waals surface area (Å²) < 4.78 is 5.57. The van der Waals surface area contributed by atoms with Crippen LogP contribution in [0, 0.1) is 0 Å². The number of hydrogen-bond donors (Lipinski definition) is 1. The highest BCUT2D eigenvalue weighted by Crippen LogP contribution is 2.05. The summed E-state index contributed by atoms with van der Waals surface area (Å²) in [5.41, 5.74) is 0.891. The first-order chi connectivity index (χ1) is 7.08. The van der Waals surface area contributed by atoms with Gasteiger partial charge in [-0.05, 0) is 32.9 Å². The van der Waals surface area contributed by atoms with E-state index in [4.69, 9.17) is 4.74 Å². The summed E-state index contributed by atoms with van der Waals surface area (Å²) in [5, 5.41) is 11.0. The highest BCUT2D eigenvalue weighted by molar-refractivity contribution is 4.98. The van der Waals surface area contributed by atoms with Gasteiger partial charge in [0.25, 0.3) is 0 Å². The van der Waals surface area contributed by atoms with Crippen molar-refractivity contribution in [1.29, 1.82) is 0 Å². The van der Waals surface area contributed by atoms with Crippen molar-refractivity contribution < 1.29 is 4.74 Å². The summed E-state index contributed by atoms with van der Waals surface area (Å²) in [6, 6.07) is 3.83. The Labute approximate surface area is 91.1 Å². The fraction of sp³-hybridized carbons (Fsp3) is 0.636. The van der Waals surface area contributed by atoms with Crippen molar-refractivity contribution in [3.05, 3.63) is 24.0 Å². The molecule has 4 heteroatoms. The van der Waals surface area contributed by atoms with Crippen LogP contribution >= 0.6 is 0 Å². The third kappa shape index (κ3) is 6.14. The molecule has 0 amide bonds. The maximum absolute atomic E-state index is 5.57. The number of ether oxygens (including phenoxy) is 1. The molecule has 0 radical (unpaired) electrons. The molecule has 0 aliphatic carbocycles. The molecule has 0 spiro atoms. The molecule has 0 aliphatic rings. The van der Waals surface area contributed by atoms with E-state index in [9.17, 15) is 0 Å². The third-order valence-corrected chi connectivity index (χ3v) is 1.75. The molecule has 0 fully saturated rings. The van der Waals surface area contributed by atoms with E-state index in [-0.39, 0.29) is 5.60 Å². The smallest absolute Gasteiger partial charge is 0.0768 e. The molecule has 1 rings (SSSR count). The highest BCUT2D eigenvalue weighted by Gasteiger charge is 2.08. The van der Waals surface area contributed by atoms with E-state index < -0.39 is 0 Å². The predicted octanol–water partition coefficient (Wildman–Crippen LogP) is 1.38. The fourth-order valence-corrected chi connectivity index (χ4v) is 1.07. The Bertz CT molecular complexity index is 269. The molecule has 0 bridgehead atoms. The van der Waals surface area contributed by atoms with Crippen LogP contribution in [0.2, 0.25) is 0 Å². The summed E-state index contributed by atoms with van der Waals surface area (Å²) in [5.74, 6) is 0. The van der Waals surface area contributed by atoms with Gasteiger partial charge in [0.1, 0.15) is 0 Å². The molecular formula is C11H19N3O. The first kappa shape index (κ1) is 12.1. The van der Waals surface area contributed by atoms with E-state index in [2.05, 4.69) is 36.3 Å². The molecule has 1 N–H and O–H groups in total. The van der Waals surface area contributed by atoms with Gasteiger partial charge in [-0.15, -0.1) is 0 Å². The topological polar surface area (TPSA) is 47.0 Å². The minimum Gasteiger partial charge on any atom is -0.375 e. The fourth-order valence-electron chi connectivity index (χ4n) is 1.07. The van der Waals surface area contributed by atoms with Crippen LogP contribution in [0.4, 0.5) is 0 Å². The number of nitrogens with one attached hydrogen (secondary N) is 1. The second-order valence-corrected chi connectivity index (χ2v) is 4.35. The van der Waals surface area contributed by atoms with E-state index in [1.165, 1.54) is 0 Å². The third-order valence-electron chi connectivity index (χ3n) is 1.75. The average molecular weight is 209 g/mol. The molecule has 1 heterocycles. The molecule has 15 heavy (non-hydrogen) atoms. The van der Waals surface area contributed by atoms with Gasteiger partial charge >= 0.3 is 0 Å². The summed E-state index contributed by atoms with van der Waals surface area (Å²) in [6.07, 6.45) is 1.67. The van der Waals surface area contributed by atoms with Gasteiger partial charge in [-0.3, -0.25) is 0 Å². The SMILES string of the molecule is CC(C)(C)OCCNCc1cccnn1. The molecule has 0 unspecified atom stereocenters. The van der Waals surface area contributed by atoms with Gasteiger partial charge in [0.15, 0.2) is 0 Å². The molecule has 1 aromatic rings. The highest BCUT2D eigenvalue weighted by atomic mass is 16.5. The molecule has 0 saturated heterocycles. The van der Waals surface area contributed by atoms with Crippen LogP contribution in [-0.2, 0) is 11.3 Å². The Morgan fingerprint density at radius 3 is 2.80 bits per heavy atom. The van der Waals surface area contributed by atoms with Crippen LogP contribution in [-0.4, -0.2) is 29.0 Å². The quantitative estimate of drug-likeness (QED) is 0.744. The first-order valence-corrected chi connectivity index (χ1v) is 5.19. The molecular weight excluding hydrogens is 190 g/mol. The van der Waals surface area contributed by atoms with Crippen LogP contribution in [0.5, 0.6) is 0 Å². The minimum atomic E-state index is -0.0613. The van der Waals surface area contributed by atoms with Gasteiger partial charge in [0.2, 0.25) is 0 Å². The lowest BCUT2D eigenvalue weighted by Crippen LogP contribution is -2.26. The second-order valence-electron chi connectivity index (χ2n) is 4.35. The van der Waals surface area contributed by atoms with Gasteiger partial charge < -0.3 is 10.1 Å². The van der Waals surface area contributed by atoms with Crippen LogP contribution in [0.3, 0.4) is 0 Å². The zero-order valence-electron chi connectivity index (χ0n) is 9.66. The average Bonchev–Trinajstić information content (AvgIpc) is 2.17. The largest absolute Gasteiger partial charge is 0.375 e. The van der Waals surface area contributed by atoms with Crippen molar-refractivity contribution in [2.75, 3.05) is 13.2 Å². The van der Waals surface area contributed by atoms with E-state index in [0.29, 0.717) is 6.61 Å². The summed E-state index contributed by atoms with van der Waals surface area (Å²) >= 11 is 0. The van der Waals surface area contributed by atoms with Crippen molar-refractivity contribution >= 4 is 0 Å². The van der Waals surface area contributed by atoms with Crippen LogP contribution in [0.1, 0.15) is 26.5 Å².